The van der Waals surface area contributed by atoms with Crippen molar-refractivity contribution in [3.05, 3.63) is 0 Å². The molecule has 0 saturated carbocycles. The maximum atomic E-state index is 9.12. The molecule has 15 heavy (non-hydrogen) atoms. The quantitative estimate of drug-likeness (QED) is 0.689. The molecule has 0 bridgehead atoms. The number of likely N-dealkylation sites (tertiary alicyclic amines) is 1. The van der Waals surface area contributed by atoms with Gasteiger partial charge in [-0.25, -0.2) is 0 Å². The Kier molecular flexibility index (Phi) is 4.52. The second-order valence-electron chi connectivity index (χ2n) is 5.01. The van der Waals surface area contributed by atoms with E-state index < -0.39 is 5.54 Å². The van der Waals surface area contributed by atoms with Crippen molar-refractivity contribution in [2.75, 3.05) is 26.8 Å². The first-order valence-corrected chi connectivity index (χ1v) is 5.65. The Morgan fingerprint density at radius 1 is 1.67 bits per heavy atom. The van der Waals surface area contributed by atoms with Crippen LogP contribution in [0.2, 0.25) is 0 Å². The van der Waals surface area contributed by atoms with Crippen molar-refractivity contribution in [1.29, 1.82) is 0 Å². The van der Waals surface area contributed by atoms with E-state index in [1.807, 2.05) is 6.92 Å². The molecule has 1 saturated heterocycles. The molecule has 1 heterocycles. The van der Waals surface area contributed by atoms with E-state index in [1.165, 1.54) is 0 Å². The van der Waals surface area contributed by atoms with Gasteiger partial charge in [-0.15, -0.1) is 0 Å². The molecule has 0 aromatic heterocycles. The number of nitrogens with two attached hydrogens (primary N) is 1. The maximum Gasteiger partial charge on any atom is 0.0710 e. The van der Waals surface area contributed by atoms with Crippen LogP contribution in [-0.2, 0) is 4.74 Å². The van der Waals surface area contributed by atoms with E-state index >= 15 is 0 Å². The van der Waals surface area contributed by atoms with Gasteiger partial charge in [0.2, 0.25) is 0 Å². The molecule has 90 valence electrons. The van der Waals surface area contributed by atoms with E-state index in [2.05, 4.69) is 11.8 Å². The summed E-state index contributed by atoms with van der Waals surface area (Å²) in [6.45, 7) is 6.16. The van der Waals surface area contributed by atoms with Gasteiger partial charge in [0.1, 0.15) is 0 Å². The molecule has 0 aromatic carbocycles. The Morgan fingerprint density at radius 2 is 2.33 bits per heavy atom. The van der Waals surface area contributed by atoms with Gasteiger partial charge >= 0.3 is 0 Å². The van der Waals surface area contributed by atoms with E-state index in [0.29, 0.717) is 12.1 Å². The van der Waals surface area contributed by atoms with Crippen molar-refractivity contribution in [2.45, 2.75) is 44.4 Å². The van der Waals surface area contributed by atoms with E-state index in [1.54, 1.807) is 7.11 Å². The van der Waals surface area contributed by atoms with Gasteiger partial charge in [0.25, 0.3) is 0 Å². The highest BCUT2D eigenvalue weighted by Gasteiger charge is 2.29. The Morgan fingerprint density at radius 3 is 2.80 bits per heavy atom. The molecule has 1 aliphatic heterocycles. The van der Waals surface area contributed by atoms with E-state index in [0.717, 1.165) is 25.9 Å². The number of hydrogen-bond acceptors (Lipinski definition) is 4. The summed E-state index contributed by atoms with van der Waals surface area (Å²) in [7, 11) is 1.76. The number of nitrogens with zero attached hydrogens (tertiary/aromatic N) is 1. The second-order valence-corrected chi connectivity index (χ2v) is 5.01. The third-order valence-electron chi connectivity index (χ3n) is 3.26. The zero-order valence-corrected chi connectivity index (χ0v) is 10.1. The van der Waals surface area contributed by atoms with Crippen LogP contribution in [-0.4, -0.2) is 54.5 Å². The van der Waals surface area contributed by atoms with Crippen molar-refractivity contribution >= 4 is 0 Å². The predicted molar refractivity (Wildman–Crippen MR) is 60.7 cm³/mol. The molecular weight excluding hydrogens is 192 g/mol. The monoisotopic (exact) mass is 216 g/mol. The number of hydrogen-bond donors (Lipinski definition) is 2. The van der Waals surface area contributed by atoms with Crippen molar-refractivity contribution < 1.29 is 9.84 Å². The van der Waals surface area contributed by atoms with E-state index in [-0.39, 0.29) is 6.61 Å². The molecule has 0 aliphatic carbocycles. The Balaban J connectivity index is 2.38. The fourth-order valence-corrected chi connectivity index (χ4v) is 2.22. The SMILES string of the molecule is COC1CCN(C(C)CC(C)(N)CO)C1. The fourth-order valence-electron chi connectivity index (χ4n) is 2.22. The predicted octanol–water partition coefficient (Wildman–Crippen LogP) is 0.195. The Hall–Kier alpha value is -0.160. The van der Waals surface area contributed by atoms with Crippen molar-refractivity contribution in [3.63, 3.8) is 0 Å². The molecule has 0 radical (unpaired) electrons. The number of methoxy groups -OCH3 is 1. The average molecular weight is 216 g/mol. The van der Waals surface area contributed by atoms with Crippen molar-refractivity contribution in [1.82, 2.24) is 4.90 Å². The van der Waals surface area contributed by atoms with Crippen LogP contribution in [0, 0.1) is 0 Å². The van der Waals surface area contributed by atoms with E-state index in [4.69, 9.17) is 15.6 Å². The summed E-state index contributed by atoms with van der Waals surface area (Å²) in [5.41, 5.74) is 5.48. The minimum Gasteiger partial charge on any atom is -0.394 e. The van der Waals surface area contributed by atoms with Gasteiger partial charge in [-0.05, 0) is 26.7 Å². The van der Waals surface area contributed by atoms with Crippen LogP contribution in [0.15, 0.2) is 0 Å². The van der Waals surface area contributed by atoms with Crippen molar-refractivity contribution in [3.8, 4) is 0 Å². The highest BCUT2D eigenvalue weighted by molar-refractivity contribution is 4.87. The second kappa shape index (κ2) is 5.25. The first-order valence-electron chi connectivity index (χ1n) is 5.65. The lowest BCUT2D eigenvalue weighted by Gasteiger charge is -2.31. The molecule has 0 amide bonds. The molecule has 1 fully saturated rings. The Labute approximate surface area is 92.4 Å². The molecule has 3 unspecified atom stereocenters. The maximum absolute atomic E-state index is 9.12. The van der Waals surface area contributed by atoms with E-state index in [9.17, 15) is 0 Å². The van der Waals surface area contributed by atoms with Crippen LogP contribution in [0.5, 0.6) is 0 Å². The van der Waals surface area contributed by atoms with Gasteiger partial charge in [-0.3, -0.25) is 4.90 Å². The topological polar surface area (TPSA) is 58.7 Å². The molecule has 1 rings (SSSR count). The minimum absolute atomic E-state index is 0.0406. The summed E-state index contributed by atoms with van der Waals surface area (Å²) in [6, 6.07) is 0.410. The molecule has 0 spiro atoms. The van der Waals surface area contributed by atoms with Crippen LogP contribution in [0.25, 0.3) is 0 Å². The van der Waals surface area contributed by atoms with Crippen LogP contribution in [0.4, 0.5) is 0 Å². The smallest absolute Gasteiger partial charge is 0.0710 e. The van der Waals surface area contributed by atoms with Gasteiger partial charge in [-0.1, -0.05) is 0 Å². The van der Waals surface area contributed by atoms with Gasteiger partial charge in [0.05, 0.1) is 12.7 Å². The largest absolute Gasteiger partial charge is 0.394 e. The molecule has 3 atom stereocenters. The van der Waals surface area contributed by atoms with Crippen LogP contribution in [0.3, 0.4) is 0 Å². The molecule has 0 aromatic rings. The van der Waals surface area contributed by atoms with Crippen LogP contribution < -0.4 is 5.73 Å². The zero-order chi connectivity index (χ0) is 11.5. The first kappa shape index (κ1) is 12.9. The molecule has 4 heteroatoms. The van der Waals surface area contributed by atoms with Crippen LogP contribution >= 0.6 is 0 Å². The lowest BCUT2D eigenvalue weighted by molar-refractivity contribution is 0.0951. The average Bonchev–Trinajstić information content (AvgIpc) is 2.65. The fraction of sp³-hybridized carbons (Fsp3) is 1.00. The summed E-state index contributed by atoms with van der Waals surface area (Å²) >= 11 is 0. The van der Waals surface area contributed by atoms with Crippen LogP contribution in [0.1, 0.15) is 26.7 Å². The highest BCUT2D eigenvalue weighted by atomic mass is 16.5. The van der Waals surface area contributed by atoms with Gasteiger partial charge in [-0.2, -0.15) is 0 Å². The first-order chi connectivity index (χ1) is 6.98. The lowest BCUT2D eigenvalue weighted by Crippen LogP contribution is -2.46. The van der Waals surface area contributed by atoms with Crippen molar-refractivity contribution in [2.24, 2.45) is 5.73 Å². The normalized spacial score (nSPS) is 29.0. The molecule has 4 nitrogen and oxygen atoms in total. The third-order valence-corrected chi connectivity index (χ3v) is 3.26. The molecular formula is C11H24N2O2. The zero-order valence-electron chi connectivity index (χ0n) is 10.1. The third kappa shape index (κ3) is 3.72. The minimum atomic E-state index is -0.468. The number of ether oxygens (including phenoxy) is 1. The summed E-state index contributed by atoms with van der Waals surface area (Å²) in [5, 5.41) is 9.12. The standard InChI is InChI=1S/C11H24N2O2/c1-9(6-11(2,12)8-14)13-5-4-10(7-13)15-3/h9-10,14H,4-8,12H2,1-3H3. The summed E-state index contributed by atoms with van der Waals surface area (Å²) in [4.78, 5) is 2.38. The van der Waals surface area contributed by atoms with Gasteiger partial charge < -0.3 is 15.6 Å². The summed E-state index contributed by atoms with van der Waals surface area (Å²) in [6.07, 6.45) is 2.28. The molecule has 1 aliphatic rings. The summed E-state index contributed by atoms with van der Waals surface area (Å²) in [5.74, 6) is 0. The van der Waals surface area contributed by atoms with Gasteiger partial charge in [0.15, 0.2) is 0 Å². The highest BCUT2D eigenvalue weighted by Crippen LogP contribution is 2.19. The number of rotatable bonds is 5. The summed E-state index contributed by atoms with van der Waals surface area (Å²) < 4.78 is 5.33. The molecule has 3 N–H and O–H groups in total. The number of aliphatic hydroxyl groups excluding tert-OH is 1. The lowest BCUT2D eigenvalue weighted by atomic mass is 9.95. The number of aliphatic hydroxyl groups is 1. The van der Waals surface area contributed by atoms with Gasteiger partial charge in [0, 0.05) is 31.8 Å². The Bertz CT molecular complexity index is 197.